The molecule has 4 aromatic rings. The molecule has 0 amide bonds. The molecule has 0 aliphatic carbocycles. The van der Waals surface area contributed by atoms with Crippen LogP contribution in [0.25, 0.3) is 10.9 Å². The van der Waals surface area contributed by atoms with Crippen molar-refractivity contribution in [3.63, 3.8) is 0 Å². The number of aromatic nitrogens is 3. The molecule has 1 aliphatic heterocycles. The quantitative estimate of drug-likeness (QED) is 0.451. The summed E-state index contributed by atoms with van der Waals surface area (Å²) in [7, 11) is 1.71. The Morgan fingerprint density at radius 1 is 1.18 bits per heavy atom. The van der Waals surface area contributed by atoms with Gasteiger partial charge in [0.25, 0.3) is 0 Å². The summed E-state index contributed by atoms with van der Waals surface area (Å²) in [5, 5.41) is 10.5. The van der Waals surface area contributed by atoms with Gasteiger partial charge in [-0.1, -0.05) is 12.1 Å². The Morgan fingerprint density at radius 2 is 1.94 bits per heavy atom. The zero-order valence-corrected chi connectivity index (χ0v) is 19.2. The Bertz CT molecular complexity index is 1300. The lowest BCUT2D eigenvalue weighted by molar-refractivity contribution is 0.0696. The molecule has 1 atom stereocenters. The highest BCUT2D eigenvalue weighted by atomic mass is 16.5. The molecule has 1 aliphatic rings. The molecule has 5 rings (SSSR count). The molecule has 2 aromatic carbocycles. The van der Waals surface area contributed by atoms with Gasteiger partial charge in [0.1, 0.15) is 5.75 Å². The van der Waals surface area contributed by atoms with E-state index in [9.17, 15) is 9.90 Å². The lowest BCUT2D eigenvalue weighted by atomic mass is 9.98. The van der Waals surface area contributed by atoms with Crippen LogP contribution >= 0.6 is 0 Å². The molecule has 2 N–H and O–H groups in total. The summed E-state index contributed by atoms with van der Waals surface area (Å²) in [4.78, 5) is 28.2. The fraction of sp³-hybridized carbons (Fsp3) is 0.269. The smallest absolute Gasteiger partial charge is 0.335 e. The van der Waals surface area contributed by atoms with E-state index in [2.05, 4.69) is 43.8 Å². The summed E-state index contributed by atoms with van der Waals surface area (Å²) in [6.07, 6.45) is 5.48. The predicted molar refractivity (Wildman–Crippen MR) is 130 cm³/mol. The third-order valence-electron chi connectivity index (χ3n) is 6.56. The molecule has 0 spiro atoms. The largest absolute Gasteiger partial charge is 0.496 e. The molecule has 1 fully saturated rings. The van der Waals surface area contributed by atoms with E-state index >= 15 is 0 Å². The molecule has 2 aromatic heterocycles. The normalized spacial score (nSPS) is 16.6. The number of fused-ring (bicyclic) bond motifs is 1. The van der Waals surface area contributed by atoms with Crippen LogP contribution in [0.1, 0.15) is 33.1 Å². The summed E-state index contributed by atoms with van der Waals surface area (Å²) in [5.74, 6) is 0.652. The van der Waals surface area contributed by atoms with Gasteiger partial charge >= 0.3 is 5.97 Å². The van der Waals surface area contributed by atoms with Crippen molar-refractivity contribution in [3.8, 4) is 5.75 Å². The van der Waals surface area contributed by atoms with Gasteiger partial charge in [0.15, 0.2) is 0 Å². The van der Waals surface area contributed by atoms with Gasteiger partial charge in [0.2, 0.25) is 5.95 Å². The third kappa shape index (κ3) is 4.08. The highest BCUT2D eigenvalue weighted by molar-refractivity contribution is 5.88. The van der Waals surface area contributed by atoms with Crippen molar-refractivity contribution in [3.05, 3.63) is 83.3 Å². The van der Waals surface area contributed by atoms with Gasteiger partial charge in [-0.2, -0.15) is 0 Å². The first-order valence-electron chi connectivity index (χ1n) is 11.3. The van der Waals surface area contributed by atoms with Gasteiger partial charge in [-0.05, 0) is 48.4 Å². The van der Waals surface area contributed by atoms with E-state index in [1.807, 2.05) is 24.4 Å². The van der Waals surface area contributed by atoms with Crippen LogP contribution < -0.4 is 9.64 Å². The minimum absolute atomic E-state index is 0.0282. The van der Waals surface area contributed by atoms with Crippen molar-refractivity contribution in [1.82, 2.24) is 19.9 Å². The van der Waals surface area contributed by atoms with E-state index < -0.39 is 5.97 Å². The number of aromatic carboxylic acids is 1. The number of methoxy groups -OCH3 is 1. The average molecular weight is 458 g/mol. The second-order valence-corrected chi connectivity index (χ2v) is 8.55. The number of hydrogen-bond donors (Lipinski definition) is 2. The third-order valence-corrected chi connectivity index (χ3v) is 6.56. The molecule has 34 heavy (non-hydrogen) atoms. The highest BCUT2D eigenvalue weighted by Crippen LogP contribution is 2.35. The number of nitrogens with zero attached hydrogens (tertiary/aromatic N) is 4. The van der Waals surface area contributed by atoms with E-state index in [0.29, 0.717) is 19.0 Å². The zero-order valence-electron chi connectivity index (χ0n) is 19.2. The fourth-order valence-electron chi connectivity index (χ4n) is 4.79. The van der Waals surface area contributed by atoms with Crippen LogP contribution in [-0.4, -0.2) is 57.7 Å². The summed E-state index contributed by atoms with van der Waals surface area (Å²) in [5.41, 5.74) is 4.74. The number of ether oxygens (including phenoxy) is 1. The Kier molecular flexibility index (Phi) is 5.90. The Labute approximate surface area is 197 Å². The van der Waals surface area contributed by atoms with Crippen molar-refractivity contribution < 1.29 is 14.6 Å². The number of carboxylic acids is 1. The van der Waals surface area contributed by atoms with Crippen molar-refractivity contribution >= 4 is 22.8 Å². The van der Waals surface area contributed by atoms with Gasteiger partial charge < -0.3 is 19.7 Å². The Balaban J connectivity index is 1.51. The Hall–Kier alpha value is -3.91. The van der Waals surface area contributed by atoms with E-state index in [1.54, 1.807) is 31.6 Å². The van der Waals surface area contributed by atoms with E-state index in [1.165, 1.54) is 0 Å². The first-order chi connectivity index (χ1) is 16.5. The number of nitrogens with one attached hydrogen (secondary N) is 1. The number of benzene rings is 2. The molecule has 8 heteroatoms. The van der Waals surface area contributed by atoms with Crippen molar-refractivity contribution in [2.24, 2.45) is 0 Å². The maximum atomic E-state index is 11.4. The van der Waals surface area contributed by atoms with E-state index in [4.69, 9.17) is 4.74 Å². The Morgan fingerprint density at radius 3 is 2.65 bits per heavy atom. The van der Waals surface area contributed by atoms with Gasteiger partial charge in [0, 0.05) is 61.2 Å². The first kappa shape index (κ1) is 21.9. The van der Waals surface area contributed by atoms with Gasteiger partial charge in [-0.25, -0.2) is 14.8 Å². The molecular formula is C26H27N5O3. The van der Waals surface area contributed by atoms with Crippen molar-refractivity contribution in [2.45, 2.75) is 19.5 Å². The lowest BCUT2D eigenvalue weighted by Gasteiger charge is -2.42. The maximum Gasteiger partial charge on any atom is 0.335 e. The van der Waals surface area contributed by atoms with Crippen LogP contribution in [0, 0.1) is 6.92 Å². The van der Waals surface area contributed by atoms with Crippen LogP contribution in [0.3, 0.4) is 0 Å². The fourth-order valence-corrected chi connectivity index (χ4v) is 4.79. The van der Waals surface area contributed by atoms with Crippen LogP contribution in [0.15, 0.2) is 61.1 Å². The van der Waals surface area contributed by atoms with Crippen molar-refractivity contribution in [1.29, 1.82) is 0 Å². The van der Waals surface area contributed by atoms with Gasteiger partial charge in [-0.15, -0.1) is 0 Å². The number of anilines is 1. The molecule has 174 valence electrons. The molecule has 3 heterocycles. The van der Waals surface area contributed by atoms with E-state index in [0.717, 1.165) is 46.4 Å². The number of piperazine rings is 1. The number of carboxylic acid groups (broad SMARTS) is 1. The average Bonchev–Trinajstić information content (AvgIpc) is 3.37. The number of aryl methyl sites for hydroxylation is 1. The first-order valence-corrected chi connectivity index (χ1v) is 11.3. The standard InChI is InChI=1S/C26H27N5O3/c1-17-14-23(34-2)21(20-8-11-27-24(17)20)15-30-12-13-31(26-28-9-3-10-29-26)16-22(30)18-4-6-19(7-5-18)25(32)33/h3-11,14,22,27H,12-13,15-16H2,1-2H3,(H,32,33)/t22-/m0/s1. The molecule has 1 saturated heterocycles. The number of H-pyrrole nitrogens is 1. The van der Waals surface area contributed by atoms with Crippen LogP contribution in [0.5, 0.6) is 5.75 Å². The van der Waals surface area contributed by atoms with Gasteiger partial charge in [0.05, 0.1) is 18.7 Å². The van der Waals surface area contributed by atoms with Crippen molar-refractivity contribution in [2.75, 3.05) is 31.6 Å². The minimum Gasteiger partial charge on any atom is -0.496 e. The monoisotopic (exact) mass is 457 g/mol. The van der Waals surface area contributed by atoms with E-state index in [-0.39, 0.29) is 11.6 Å². The predicted octanol–water partition coefficient (Wildman–Crippen LogP) is 4.04. The second kappa shape index (κ2) is 9.15. The molecule has 0 saturated carbocycles. The number of hydrogen-bond acceptors (Lipinski definition) is 6. The maximum absolute atomic E-state index is 11.4. The highest BCUT2D eigenvalue weighted by Gasteiger charge is 2.31. The molecular weight excluding hydrogens is 430 g/mol. The summed E-state index contributed by atoms with van der Waals surface area (Å²) in [6, 6.07) is 13.2. The van der Waals surface area contributed by atoms with Crippen LogP contribution in [0.4, 0.5) is 5.95 Å². The number of rotatable bonds is 6. The lowest BCUT2D eigenvalue weighted by Crippen LogP contribution is -2.48. The molecule has 0 radical (unpaired) electrons. The zero-order chi connectivity index (χ0) is 23.7. The SMILES string of the molecule is COc1cc(C)c2[nH]ccc2c1CN1CCN(c2ncccn2)C[C@H]1c1ccc(C(=O)O)cc1. The van der Waals surface area contributed by atoms with Crippen LogP contribution in [-0.2, 0) is 6.54 Å². The minimum atomic E-state index is -0.925. The number of carbonyl (C=O) groups is 1. The second-order valence-electron chi connectivity index (χ2n) is 8.55. The topological polar surface area (TPSA) is 94.6 Å². The summed E-state index contributed by atoms with van der Waals surface area (Å²) >= 11 is 0. The summed E-state index contributed by atoms with van der Waals surface area (Å²) < 4.78 is 5.78. The molecule has 0 unspecified atom stereocenters. The number of aromatic amines is 1. The van der Waals surface area contributed by atoms with Gasteiger partial charge in [-0.3, -0.25) is 4.90 Å². The molecule has 0 bridgehead atoms. The molecule has 8 nitrogen and oxygen atoms in total. The summed E-state index contributed by atoms with van der Waals surface area (Å²) in [6.45, 7) is 5.06. The van der Waals surface area contributed by atoms with Crippen LogP contribution in [0.2, 0.25) is 0 Å².